The molecular weight excluding hydrogens is 452 g/mol. The lowest BCUT2D eigenvalue weighted by atomic mass is 10.1. The first-order valence-electron chi connectivity index (χ1n) is 13.9. The SMILES string of the molecule is CCCCCCCCCCCCOCCOCCOCCOCCOCCOCCOCCOC. The minimum Gasteiger partial charge on any atom is -0.382 e. The van der Waals surface area contributed by atoms with Gasteiger partial charge in [0.15, 0.2) is 0 Å². The van der Waals surface area contributed by atoms with Gasteiger partial charge in [0.2, 0.25) is 0 Å². The Bertz CT molecular complexity index is 328. The number of hydrogen-bond acceptors (Lipinski definition) is 8. The molecule has 212 valence electrons. The van der Waals surface area contributed by atoms with Crippen LogP contribution in [0.15, 0.2) is 0 Å². The number of hydrogen-bond donors (Lipinski definition) is 0. The summed E-state index contributed by atoms with van der Waals surface area (Å²) in [6.07, 6.45) is 13.5. The predicted molar refractivity (Wildman–Crippen MR) is 139 cm³/mol. The predicted octanol–water partition coefficient (Wildman–Crippen LogP) is 4.67. The maximum atomic E-state index is 5.63. The van der Waals surface area contributed by atoms with Crippen LogP contribution in [0.5, 0.6) is 0 Å². The first-order chi connectivity index (χ1) is 17.4. The molecule has 0 aromatic heterocycles. The van der Waals surface area contributed by atoms with Crippen molar-refractivity contribution in [2.24, 2.45) is 0 Å². The molecule has 0 spiro atoms. The zero-order chi connectivity index (χ0) is 25.3. The van der Waals surface area contributed by atoms with E-state index < -0.39 is 0 Å². The summed E-state index contributed by atoms with van der Waals surface area (Å²) >= 11 is 0. The van der Waals surface area contributed by atoms with E-state index >= 15 is 0 Å². The highest BCUT2D eigenvalue weighted by molar-refractivity contribution is 4.47. The van der Waals surface area contributed by atoms with Crippen molar-refractivity contribution in [1.29, 1.82) is 0 Å². The molecule has 0 bridgehead atoms. The van der Waals surface area contributed by atoms with Crippen LogP contribution in [0, 0.1) is 0 Å². The average Bonchev–Trinajstić information content (AvgIpc) is 2.87. The van der Waals surface area contributed by atoms with E-state index in [-0.39, 0.29) is 0 Å². The summed E-state index contributed by atoms with van der Waals surface area (Å²) < 4.78 is 43.1. The molecule has 0 radical (unpaired) electrons. The van der Waals surface area contributed by atoms with Crippen molar-refractivity contribution in [3.63, 3.8) is 0 Å². The first-order valence-corrected chi connectivity index (χ1v) is 13.9. The van der Waals surface area contributed by atoms with Gasteiger partial charge in [-0.3, -0.25) is 0 Å². The Labute approximate surface area is 215 Å². The molecule has 35 heavy (non-hydrogen) atoms. The van der Waals surface area contributed by atoms with Crippen molar-refractivity contribution >= 4 is 0 Å². The fraction of sp³-hybridized carbons (Fsp3) is 1.00. The molecule has 0 aliphatic rings. The summed E-state index contributed by atoms with van der Waals surface area (Å²) in [4.78, 5) is 0. The van der Waals surface area contributed by atoms with Crippen LogP contribution < -0.4 is 0 Å². The van der Waals surface area contributed by atoms with Gasteiger partial charge in [0.05, 0.1) is 92.5 Å². The first kappa shape index (κ1) is 34.7. The van der Waals surface area contributed by atoms with Gasteiger partial charge in [0.1, 0.15) is 0 Å². The third kappa shape index (κ3) is 33.7. The van der Waals surface area contributed by atoms with Gasteiger partial charge in [-0.25, -0.2) is 0 Å². The van der Waals surface area contributed by atoms with E-state index in [1.807, 2.05) is 0 Å². The largest absolute Gasteiger partial charge is 0.382 e. The van der Waals surface area contributed by atoms with Crippen LogP contribution in [-0.2, 0) is 37.9 Å². The smallest absolute Gasteiger partial charge is 0.0701 e. The van der Waals surface area contributed by atoms with Crippen molar-refractivity contribution in [1.82, 2.24) is 0 Å². The fourth-order valence-corrected chi connectivity index (χ4v) is 3.26. The topological polar surface area (TPSA) is 73.8 Å². The molecule has 0 aromatic carbocycles. The van der Waals surface area contributed by atoms with Gasteiger partial charge in [-0.05, 0) is 6.42 Å². The van der Waals surface area contributed by atoms with Crippen LogP contribution in [0.3, 0.4) is 0 Å². The fourth-order valence-electron chi connectivity index (χ4n) is 3.26. The quantitative estimate of drug-likeness (QED) is 0.121. The van der Waals surface area contributed by atoms with E-state index in [1.165, 1.54) is 57.8 Å². The molecule has 0 aliphatic heterocycles. The second-order valence-corrected chi connectivity index (χ2v) is 8.46. The van der Waals surface area contributed by atoms with Gasteiger partial charge in [0, 0.05) is 13.7 Å². The third-order valence-electron chi connectivity index (χ3n) is 5.31. The molecular formula is C27H56O8. The average molecular weight is 509 g/mol. The van der Waals surface area contributed by atoms with E-state index in [2.05, 4.69) is 6.92 Å². The summed E-state index contributed by atoms with van der Waals surface area (Å²) in [5.74, 6) is 0. The summed E-state index contributed by atoms with van der Waals surface area (Å²) in [5.41, 5.74) is 0. The Morgan fingerprint density at radius 3 is 0.857 bits per heavy atom. The van der Waals surface area contributed by atoms with Gasteiger partial charge in [-0.1, -0.05) is 64.7 Å². The molecule has 0 saturated heterocycles. The van der Waals surface area contributed by atoms with Crippen LogP contribution in [0.2, 0.25) is 0 Å². The lowest BCUT2D eigenvalue weighted by Crippen LogP contribution is -2.14. The van der Waals surface area contributed by atoms with Crippen molar-refractivity contribution < 1.29 is 37.9 Å². The number of rotatable bonds is 32. The maximum Gasteiger partial charge on any atom is 0.0701 e. The Hall–Kier alpha value is -0.320. The van der Waals surface area contributed by atoms with Gasteiger partial charge in [-0.15, -0.1) is 0 Å². The standard InChI is InChI=1S/C27H56O8/c1-3-4-5-6-7-8-9-10-11-12-13-29-16-17-31-20-21-33-24-25-35-27-26-34-23-22-32-19-18-30-15-14-28-2/h3-27H2,1-2H3. The molecule has 0 aromatic rings. The van der Waals surface area contributed by atoms with Gasteiger partial charge < -0.3 is 37.9 Å². The minimum absolute atomic E-state index is 0.552. The Balaban J connectivity index is 3.00. The molecule has 0 saturated carbocycles. The highest BCUT2D eigenvalue weighted by Gasteiger charge is 1.96. The van der Waals surface area contributed by atoms with E-state index in [4.69, 9.17) is 37.9 Å². The summed E-state index contributed by atoms with van der Waals surface area (Å²) in [5, 5.41) is 0. The van der Waals surface area contributed by atoms with E-state index in [9.17, 15) is 0 Å². The molecule has 0 unspecified atom stereocenters. The number of unbranched alkanes of at least 4 members (excludes halogenated alkanes) is 9. The van der Waals surface area contributed by atoms with E-state index in [0.717, 1.165) is 13.0 Å². The summed E-state index contributed by atoms with van der Waals surface area (Å²) in [7, 11) is 1.65. The number of ether oxygens (including phenoxy) is 8. The van der Waals surface area contributed by atoms with Crippen molar-refractivity contribution in [3.05, 3.63) is 0 Å². The molecule has 0 N–H and O–H groups in total. The van der Waals surface area contributed by atoms with E-state index in [0.29, 0.717) is 92.5 Å². The highest BCUT2D eigenvalue weighted by Crippen LogP contribution is 2.10. The van der Waals surface area contributed by atoms with E-state index in [1.54, 1.807) is 7.11 Å². The summed E-state index contributed by atoms with van der Waals surface area (Å²) in [6.45, 7) is 11.2. The Morgan fingerprint density at radius 1 is 0.286 bits per heavy atom. The zero-order valence-corrected chi connectivity index (χ0v) is 22.9. The molecule has 8 heteroatoms. The monoisotopic (exact) mass is 508 g/mol. The van der Waals surface area contributed by atoms with Crippen molar-refractivity contribution in [3.8, 4) is 0 Å². The van der Waals surface area contributed by atoms with Crippen molar-refractivity contribution in [2.45, 2.75) is 71.1 Å². The lowest BCUT2D eigenvalue weighted by Gasteiger charge is -2.08. The third-order valence-corrected chi connectivity index (χ3v) is 5.31. The molecule has 8 nitrogen and oxygen atoms in total. The molecule has 0 atom stereocenters. The minimum atomic E-state index is 0.552. The van der Waals surface area contributed by atoms with Crippen LogP contribution in [0.4, 0.5) is 0 Å². The van der Waals surface area contributed by atoms with Crippen LogP contribution in [0.25, 0.3) is 0 Å². The maximum absolute atomic E-state index is 5.63. The summed E-state index contributed by atoms with van der Waals surface area (Å²) in [6, 6.07) is 0. The van der Waals surface area contributed by atoms with Gasteiger partial charge in [0.25, 0.3) is 0 Å². The highest BCUT2D eigenvalue weighted by atomic mass is 16.6. The molecule has 0 fully saturated rings. The Morgan fingerprint density at radius 2 is 0.543 bits per heavy atom. The van der Waals surface area contributed by atoms with Crippen LogP contribution in [-0.4, -0.2) is 106 Å². The van der Waals surface area contributed by atoms with Crippen LogP contribution in [0.1, 0.15) is 71.1 Å². The molecule has 0 heterocycles. The molecule has 0 aliphatic carbocycles. The zero-order valence-electron chi connectivity index (χ0n) is 22.9. The molecule has 0 rings (SSSR count). The Kier molecular flexibility index (Phi) is 33.4. The second kappa shape index (κ2) is 33.7. The van der Waals surface area contributed by atoms with Gasteiger partial charge in [-0.2, -0.15) is 0 Å². The second-order valence-electron chi connectivity index (χ2n) is 8.46. The van der Waals surface area contributed by atoms with Gasteiger partial charge >= 0.3 is 0 Å². The number of methoxy groups -OCH3 is 1. The molecule has 0 amide bonds. The van der Waals surface area contributed by atoms with Crippen molar-refractivity contribution in [2.75, 3.05) is 106 Å². The normalized spacial score (nSPS) is 11.5. The lowest BCUT2D eigenvalue weighted by molar-refractivity contribution is -0.0221. The van der Waals surface area contributed by atoms with Crippen LogP contribution >= 0.6 is 0 Å².